The highest BCUT2D eigenvalue weighted by Crippen LogP contribution is 2.23. The van der Waals surface area contributed by atoms with Crippen molar-refractivity contribution in [2.24, 2.45) is 0 Å². The van der Waals surface area contributed by atoms with Crippen LogP contribution in [0.15, 0.2) is 24.3 Å². The van der Waals surface area contributed by atoms with Gasteiger partial charge < -0.3 is 10.6 Å². The average Bonchev–Trinajstić information content (AvgIpc) is 2.44. The van der Waals surface area contributed by atoms with E-state index in [9.17, 15) is 4.79 Å². The van der Waals surface area contributed by atoms with Crippen molar-refractivity contribution < 1.29 is 4.79 Å². The summed E-state index contributed by atoms with van der Waals surface area (Å²) >= 11 is 0. The van der Waals surface area contributed by atoms with Crippen LogP contribution in [0.25, 0.3) is 0 Å². The monoisotopic (exact) mass is 247 g/mol. The first-order chi connectivity index (χ1) is 8.74. The number of nitrogens with one attached hydrogen (secondary N) is 2. The number of carbonyl (C=O) groups is 1. The molecule has 0 fully saturated rings. The van der Waals surface area contributed by atoms with Gasteiger partial charge in [0.05, 0.1) is 6.54 Å². The molecule has 4 nitrogen and oxygen atoms in total. The van der Waals surface area contributed by atoms with Crippen molar-refractivity contribution in [1.29, 1.82) is 0 Å². The van der Waals surface area contributed by atoms with Crippen LogP contribution in [0.1, 0.15) is 12.5 Å². The zero-order valence-electron chi connectivity index (χ0n) is 11.1. The van der Waals surface area contributed by atoms with Gasteiger partial charge in [0.15, 0.2) is 0 Å². The molecule has 0 radical (unpaired) electrons. The van der Waals surface area contributed by atoms with Gasteiger partial charge in [0.2, 0.25) is 5.91 Å². The maximum atomic E-state index is 11.5. The lowest BCUT2D eigenvalue weighted by atomic mass is 9.98. The van der Waals surface area contributed by atoms with Crippen LogP contribution in [-0.2, 0) is 11.2 Å². The number of likely N-dealkylation sites (N-methyl/N-ethyl adjacent to an activating group) is 2. The highest BCUT2D eigenvalue weighted by Gasteiger charge is 2.23. The average molecular weight is 247 g/mol. The third kappa shape index (κ3) is 2.82. The number of hydrogen-bond donors (Lipinski definition) is 2. The Balaban J connectivity index is 2.04. The van der Waals surface area contributed by atoms with Crippen LogP contribution < -0.4 is 10.6 Å². The molecule has 1 aliphatic rings. The van der Waals surface area contributed by atoms with E-state index in [1.165, 1.54) is 11.3 Å². The van der Waals surface area contributed by atoms with Crippen molar-refractivity contribution in [3.05, 3.63) is 29.8 Å². The van der Waals surface area contributed by atoms with E-state index in [1.54, 1.807) is 7.05 Å². The van der Waals surface area contributed by atoms with Crippen molar-refractivity contribution in [3.8, 4) is 0 Å². The van der Waals surface area contributed by atoms with Gasteiger partial charge in [0.25, 0.3) is 0 Å². The molecule has 1 unspecified atom stereocenters. The maximum Gasteiger partial charge on any atom is 0.233 e. The Morgan fingerprint density at radius 2 is 2.28 bits per heavy atom. The first kappa shape index (κ1) is 12.9. The molecule has 1 aromatic carbocycles. The summed E-state index contributed by atoms with van der Waals surface area (Å²) in [5.74, 6) is 0.0794. The van der Waals surface area contributed by atoms with E-state index >= 15 is 0 Å². The molecule has 0 aliphatic carbocycles. The third-order valence-electron chi connectivity index (χ3n) is 3.55. The molecule has 18 heavy (non-hydrogen) atoms. The van der Waals surface area contributed by atoms with Crippen molar-refractivity contribution in [2.75, 3.05) is 32.0 Å². The molecule has 0 saturated carbocycles. The molecule has 0 aromatic heterocycles. The van der Waals surface area contributed by atoms with Gasteiger partial charge in [0, 0.05) is 25.3 Å². The summed E-state index contributed by atoms with van der Waals surface area (Å²) in [5.41, 5.74) is 2.56. The van der Waals surface area contributed by atoms with Gasteiger partial charge in [-0.1, -0.05) is 25.1 Å². The Morgan fingerprint density at radius 1 is 1.50 bits per heavy atom. The van der Waals surface area contributed by atoms with Crippen LogP contribution in [0, 0.1) is 0 Å². The molecule has 2 rings (SSSR count). The van der Waals surface area contributed by atoms with E-state index in [0.717, 1.165) is 19.5 Å². The lowest BCUT2D eigenvalue weighted by Gasteiger charge is -2.34. The zero-order chi connectivity index (χ0) is 13.0. The summed E-state index contributed by atoms with van der Waals surface area (Å²) in [6.45, 7) is 4.37. The van der Waals surface area contributed by atoms with Gasteiger partial charge in [-0.2, -0.15) is 0 Å². The molecule has 4 heteroatoms. The van der Waals surface area contributed by atoms with Gasteiger partial charge in [-0.05, 0) is 24.6 Å². The third-order valence-corrected chi connectivity index (χ3v) is 3.55. The summed E-state index contributed by atoms with van der Waals surface area (Å²) in [7, 11) is 1.69. The molecular formula is C14H21N3O. The van der Waals surface area contributed by atoms with Crippen LogP contribution in [-0.4, -0.2) is 43.5 Å². The van der Waals surface area contributed by atoms with Crippen LogP contribution in [0.2, 0.25) is 0 Å². The first-order valence-electron chi connectivity index (χ1n) is 6.51. The fraction of sp³-hybridized carbons (Fsp3) is 0.500. The number of nitrogens with zero attached hydrogens (tertiary/aromatic N) is 1. The quantitative estimate of drug-likeness (QED) is 0.837. The standard InChI is InChI=1S/C14H21N3O/c1-3-17(10-14(18)15-2)12-8-11-6-4-5-7-13(11)16-9-12/h4-7,12,16H,3,8-10H2,1-2H3,(H,15,18). The van der Waals surface area contributed by atoms with E-state index in [4.69, 9.17) is 0 Å². The van der Waals surface area contributed by atoms with Crippen molar-refractivity contribution in [2.45, 2.75) is 19.4 Å². The van der Waals surface area contributed by atoms with Crippen LogP contribution in [0.5, 0.6) is 0 Å². The molecule has 0 spiro atoms. The van der Waals surface area contributed by atoms with E-state index in [2.05, 4.69) is 40.7 Å². The largest absolute Gasteiger partial charge is 0.383 e. The van der Waals surface area contributed by atoms with Crippen LogP contribution >= 0.6 is 0 Å². The highest BCUT2D eigenvalue weighted by molar-refractivity contribution is 5.77. The molecule has 0 bridgehead atoms. The molecular weight excluding hydrogens is 226 g/mol. The normalized spacial score (nSPS) is 18.1. The molecule has 98 valence electrons. The fourth-order valence-corrected chi connectivity index (χ4v) is 2.45. The Hall–Kier alpha value is -1.55. The summed E-state index contributed by atoms with van der Waals surface area (Å²) in [6.07, 6.45) is 1.01. The van der Waals surface area contributed by atoms with E-state index in [1.807, 2.05) is 6.07 Å². The number of fused-ring (bicyclic) bond motifs is 1. The minimum atomic E-state index is 0.0794. The first-order valence-corrected chi connectivity index (χ1v) is 6.51. The van der Waals surface area contributed by atoms with Gasteiger partial charge in [-0.25, -0.2) is 0 Å². The van der Waals surface area contributed by atoms with Crippen LogP contribution in [0.4, 0.5) is 5.69 Å². The Kier molecular flexibility index (Phi) is 4.20. The van der Waals surface area contributed by atoms with Gasteiger partial charge in [0.1, 0.15) is 0 Å². The Bertz CT molecular complexity index is 419. The summed E-state index contributed by atoms with van der Waals surface area (Å²) in [4.78, 5) is 13.7. The predicted molar refractivity (Wildman–Crippen MR) is 73.7 cm³/mol. The zero-order valence-corrected chi connectivity index (χ0v) is 11.1. The number of hydrogen-bond acceptors (Lipinski definition) is 3. The Labute approximate surface area is 108 Å². The molecule has 1 heterocycles. The number of rotatable bonds is 4. The minimum Gasteiger partial charge on any atom is -0.383 e. The smallest absolute Gasteiger partial charge is 0.233 e. The van der Waals surface area contributed by atoms with E-state index in [-0.39, 0.29) is 5.91 Å². The number of benzene rings is 1. The number of para-hydroxylation sites is 1. The molecule has 1 aliphatic heterocycles. The maximum absolute atomic E-state index is 11.5. The van der Waals surface area contributed by atoms with Gasteiger partial charge in [-0.3, -0.25) is 9.69 Å². The fourth-order valence-electron chi connectivity index (χ4n) is 2.45. The molecule has 1 aromatic rings. The number of amides is 1. The summed E-state index contributed by atoms with van der Waals surface area (Å²) in [6, 6.07) is 8.77. The van der Waals surface area contributed by atoms with Crippen molar-refractivity contribution in [3.63, 3.8) is 0 Å². The molecule has 1 amide bonds. The lowest BCUT2D eigenvalue weighted by molar-refractivity contribution is -0.122. The molecule has 1 atom stereocenters. The molecule has 0 saturated heterocycles. The van der Waals surface area contributed by atoms with Crippen molar-refractivity contribution in [1.82, 2.24) is 10.2 Å². The SMILES string of the molecule is CCN(CC(=O)NC)C1CNc2ccccc2C1. The highest BCUT2D eigenvalue weighted by atomic mass is 16.1. The van der Waals surface area contributed by atoms with Crippen LogP contribution in [0.3, 0.4) is 0 Å². The van der Waals surface area contributed by atoms with Crippen molar-refractivity contribution >= 4 is 11.6 Å². The predicted octanol–water partition coefficient (Wildman–Crippen LogP) is 1.09. The minimum absolute atomic E-state index is 0.0794. The van der Waals surface area contributed by atoms with E-state index in [0.29, 0.717) is 12.6 Å². The van der Waals surface area contributed by atoms with E-state index < -0.39 is 0 Å². The second kappa shape index (κ2) is 5.87. The Morgan fingerprint density at radius 3 is 3.00 bits per heavy atom. The van der Waals surface area contributed by atoms with Gasteiger partial charge in [-0.15, -0.1) is 0 Å². The summed E-state index contributed by atoms with van der Waals surface area (Å²) < 4.78 is 0. The lowest BCUT2D eigenvalue weighted by Crippen LogP contribution is -2.47. The number of anilines is 1. The van der Waals surface area contributed by atoms with Gasteiger partial charge >= 0.3 is 0 Å². The second-order valence-corrected chi connectivity index (χ2v) is 4.63. The number of carbonyl (C=O) groups excluding carboxylic acids is 1. The molecule has 2 N–H and O–H groups in total. The summed E-state index contributed by atoms with van der Waals surface area (Å²) in [5, 5.41) is 6.13. The topological polar surface area (TPSA) is 44.4 Å². The second-order valence-electron chi connectivity index (χ2n) is 4.63.